The Labute approximate surface area is 218 Å². The van der Waals surface area contributed by atoms with Gasteiger partial charge in [0.1, 0.15) is 23.0 Å². The van der Waals surface area contributed by atoms with Crippen molar-refractivity contribution in [1.29, 1.82) is 5.26 Å². The number of halogens is 1. The molecule has 1 atom stereocenters. The molecule has 0 bridgehead atoms. The first kappa shape index (κ1) is 26.1. The van der Waals surface area contributed by atoms with Crippen molar-refractivity contribution < 1.29 is 18.7 Å². The number of pyridine rings is 1. The second kappa shape index (κ2) is 11.9. The van der Waals surface area contributed by atoms with Gasteiger partial charge in [-0.1, -0.05) is 24.3 Å². The highest BCUT2D eigenvalue weighted by Gasteiger charge is 2.32. The van der Waals surface area contributed by atoms with Crippen LogP contribution in [0.3, 0.4) is 0 Å². The monoisotopic (exact) mass is 519 g/mol. The van der Waals surface area contributed by atoms with E-state index in [1.165, 1.54) is 29.7 Å². The van der Waals surface area contributed by atoms with Crippen LogP contribution >= 0.6 is 11.8 Å². The number of anilines is 1. The fraction of sp³-hybridized carbons (Fsp3) is 0.259. The largest absolute Gasteiger partial charge is 0.442 e. The zero-order valence-electron chi connectivity index (χ0n) is 20.5. The number of aromatic nitrogens is 1. The van der Waals surface area contributed by atoms with Gasteiger partial charge in [-0.15, -0.1) is 11.8 Å². The lowest BCUT2D eigenvalue weighted by Gasteiger charge is -2.15. The molecule has 8 nitrogen and oxygen atoms in total. The van der Waals surface area contributed by atoms with Gasteiger partial charge in [0.05, 0.1) is 30.0 Å². The molecule has 37 heavy (non-hydrogen) atoms. The number of thioether (sulfide) groups is 1. The standard InChI is InChI=1S/C27H26FN5O3S/c1-17(34)31-15-23-16-33(27(35)36-23)22-9-10-24(25(28)11-22)19-5-3-18(4-6-19)13-30-14-21-8-7-20(12-29)26(32-21)37-2/h3-11,23,30H,13-16H2,1-2H3,(H,31,34)/t23-/m0/s1. The molecule has 1 aliphatic rings. The minimum Gasteiger partial charge on any atom is -0.442 e. The lowest BCUT2D eigenvalue weighted by molar-refractivity contribution is -0.119. The molecule has 3 aromatic rings. The van der Waals surface area contributed by atoms with Crippen molar-refractivity contribution in [2.24, 2.45) is 0 Å². The van der Waals surface area contributed by atoms with E-state index in [-0.39, 0.29) is 19.0 Å². The Kier molecular flexibility index (Phi) is 8.38. The summed E-state index contributed by atoms with van der Waals surface area (Å²) in [7, 11) is 0. The van der Waals surface area contributed by atoms with Crippen LogP contribution in [0.1, 0.15) is 23.7 Å². The number of nitrogens with one attached hydrogen (secondary N) is 2. The highest BCUT2D eigenvalue weighted by molar-refractivity contribution is 7.98. The number of carbonyl (C=O) groups excluding carboxylic acids is 2. The van der Waals surface area contributed by atoms with Gasteiger partial charge in [0.25, 0.3) is 0 Å². The SMILES string of the molecule is CSc1nc(CNCc2ccc(-c3ccc(N4C[C@H](CNC(C)=O)OC4=O)cc3F)cc2)ccc1C#N. The number of rotatable bonds is 9. The minimum absolute atomic E-state index is 0.209. The van der Waals surface area contributed by atoms with Crippen LogP contribution in [-0.2, 0) is 22.6 Å². The van der Waals surface area contributed by atoms with E-state index in [0.29, 0.717) is 34.9 Å². The van der Waals surface area contributed by atoms with Gasteiger partial charge in [-0.05, 0) is 47.7 Å². The van der Waals surface area contributed by atoms with E-state index in [4.69, 9.17) is 10.00 Å². The highest BCUT2D eigenvalue weighted by atomic mass is 32.2. The summed E-state index contributed by atoms with van der Waals surface area (Å²) in [5.41, 5.74) is 4.00. The van der Waals surface area contributed by atoms with Crippen LogP contribution < -0.4 is 15.5 Å². The number of nitrogens with zero attached hydrogens (tertiary/aromatic N) is 3. The predicted molar refractivity (Wildman–Crippen MR) is 139 cm³/mol. The predicted octanol–water partition coefficient (Wildman–Crippen LogP) is 4.23. The molecular weight excluding hydrogens is 493 g/mol. The first-order valence-electron chi connectivity index (χ1n) is 11.6. The zero-order valence-corrected chi connectivity index (χ0v) is 21.3. The van der Waals surface area contributed by atoms with E-state index in [0.717, 1.165) is 16.8 Å². The Morgan fingerprint density at radius 3 is 2.68 bits per heavy atom. The topological polar surface area (TPSA) is 107 Å². The molecule has 2 amide bonds. The molecule has 0 spiro atoms. The normalized spacial score (nSPS) is 14.8. The van der Waals surface area contributed by atoms with E-state index in [2.05, 4.69) is 21.7 Å². The summed E-state index contributed by atoms with van der Waals surface area (Å²) in [6, 6.07) is 18.0. The summed E-state index contributed by atoms with van der Waals surface area (Å²) < 4.78 is 20.3. The summed E-state index contributed by atoms with van der Waals surface area (Å²) in [4.78, 5) is 29.2. The van der Waals surface area contributed by atoms with E-state index < -0.39 is 18.0 Å². The summed E-state index contributed by atoms with van der Waals surface area (Å²) in [6.45, 7) is 3.00. The summed E-state index contributed by atoms with van der Waals surface area (Å²) >= 11 is 1.44. The number of nitriles is 1. The van der Waals surface area contributed by atoms with Gasteiger partial charge in [0.2, 0.25) is 5.91 Å². The maximum atomic E-state index is 15.0. The van der Waals surface area contributed by atoms with Crippen LogP contribution in [0.15, 0.2) is 59.6 Å². The molecule has 0 aliphatic carbocycles. The van der Waals surface area contributed by atoms with Gasteiger partial charge in [-0.2, -0.15) is 5.26 Å². The van der Waals surface area contributed by atoms with Gasteiger partial charge in [-0.3, -0.25) is 9.69 Å². The van der Waals surface area contributed by atoms with Crippen molar-refractivity contribution >= 4 is 29.4 Å². The van der Waals surface area contributed by atoms with Gasteiger partial charge in [0, 0.05) is 25.6 Å². The Balaban J connectivity index is 1.36. The lowest BCUT2D eigenvalue weighted by atomic mass is 10.0. The average molecular weight is 520 g/mol. The highest BCUT2D eigenvalue weighted by Crippen LogP contribution is 2.29. The van der Waals surface area contributed by atoms with E-state index in [1.54, 1.807) is 18.2 Å². The van der Waals surface area contributed by atoms with Gasteiger partial charge >= 0.3 is 6.09 Å². The quantitative estimate of drug-likeness (QED) is 0.408. The Bertz CT molecular complexity index is 1340. The Hall–Kier alpha value is -3.94. The first-order valence-corrected chi connectivity index (χ1v) is 12.9. The molecule has 10 heteroatoms. The summed E-state index contributed by atoms with van der Waals surface area (Å²) in [6.07, 6.45) is 0.838. The smallest absolute Gasteiger partial charge is 0.414 e. The maximum absolute atomic E-state index is 15.0. The Morgan fingerprint density at radius 2 is 2.00 bits per heavy atom. The number of cyclic esters (lactones) is 1. The molecule has 0 radical (unpaired) electrons. The van der Waals surface area contributed by atoms with Crippen molar-refractivity contribution in [3.05, 3.63) is 77.2 Å². The molecule has 190 valence electrons. The van der Waals surface area contributed by atoms with Crippen LogP contribution in [0.5, 0.6) is 0 Å². The fourth-order valence-electron chi connectivity index (χ4n) is 3.96. The summed E-state index contributed by atoms with van der Waals surface area (Å²) in [5, 5.41) is 15.8. The molecule has 1 aliphatic heterocycles. The van der Waals surface area contributed by atoms with Gasteiger partial charge < -0.3 is 15.4 Å². The van der Waals surface area contributed by atoms with Gasteiger partial charge in [0.15, 0.2) is 0 Å². The minimum atomic E-state index is -0.569. The van der Waals surface area contributed by atoms with Crippen LogP contribution in [0.25, 0.3) is 11.1 Å². The van der Waals surface area contributed by atoms with Crippen molar-refractivity contribution in [3.8, 4) is 17.2 Å². The number of amides is 2. The molecule has 0 unspecified atom stereocenters. The van der Waals surface area contributed by atoms with Crippen molar-refractivity contribution in [3.63, 3.8) is 0 Å². The second-order valence-electron chi connectivity index (χ2n) is 8.49. The maximum Gasteiger partial charge on any atom is 0.414 e. The van der Waals surface area contributed by atoms with Gasteiger partial charge in [-0.25, -0.2) is 14.2 Å². The van der Waals surface area contributed by atoms with Crippen LogP contribution in [0.2, 0.25) is 0 Å². The van der Waals surface area contributed by atoms with E-state index in [1.807, 2.05) is 36.6 Å². The van der Waals surface area contributed by atoms with Crippen molar-refractivity contribution in [2.45, 2.75) is 31.1 Å². The number of carbonyl (C=O) groups is 2. The molecule has 1 aromatic heterocycles. The van der Waals surface area contributed by atoms with E-state index >= 15 is 0 Å². The molecule has 4 rings (SSSR count). The van der Waals surface area contributed by atoms with Crippen molar-refractivity contribution in [2.75, 3.05) is 24.2 Å². The third kappa shape index (κ3) is 6.44. The lowest BCUT2D eigenvalue weighted by Crippen LogP contribution is -2.33. The Morgan fingerprint density at radius 1 is 1.22 bits per heavy atom. The van der Waals surface area contributed by atoms with Crippen LogP contribution in [0.4, 0.5) is 14.9 Å². The third-order valence-electron chi connectivity index (χ3n) is 5.85. The summed E-state index contributed by atoms with van der Waals surface area (Å²) in [5.74, 6) is -0.655. The molecule has 2 aromatic carbocycles. The number of hydrogen-bond acceptors (Lipinski definition) is 7. The molecule has 0 saturated carbocycles. The first-order chi connectivity index (χ1) is 17.9. The molecule has 2 N–H and O–H groups in total. The third-order valence-corrected chi connectivity index (χ3v) is 6.55. The number of ether oxygens (including phenoxy) is 1. The number of benzene rings is 2. The van der Waals surface area contributed by atoms with Crippen LogP contribution in [-0.4, -0.2) is 42.4 Å². The van der Waals surface area contributed by atoms with Crippen LogP contribution in [0, 0.1) is 17.1 Å². The molecule has 2 heterocycles. The fourth-order valence-corrected chi connectivity index (χ4v) is 4.50. The molecule has 1 fully saturated rings. The molecule has 1 saturated heterocycles. The average Bonchev–Trinajstić information content (AvgIpc) is 3.28. The number of hydrogen-bond donors (Lipinski definition) is 2. The molecular formula is C27H26FN5O3S. The van der Waals surface area contributed by atoms with E-state index in [9.17, 15) is 14.0 Å². The van der Waals surface area contributed by atoms with Crippen molar-refractivity contribution in [1.82, 2.24) is 15.6 Å². The zero-order chi connectivity index (χ0) is 26.4. The second-order valence-corrected chi connectivity index (χ2v) is 9.28.